The Balaban J connectivity index is 1.21. The number of nitrogens with zero attached hydrogens (tertiary/aromatic N) is 3. The highest BCUT2D eigenvalue weighted by Gasteiger charge is 2.35. The van der Waals surface area contributed by atoms with Crippen LogP contribution < -0.4 is 0 Å². The van der Waals surface area contributed by atoms with Gasteiger partial charge >= 0.3 is 0 Å². The monoisotopic (exact) mass is 577 g/mol. The first kappa shape index (κ1) is 26.9. The van der Waals surface area contributed by atoms with Gasteiger partial charge in [-0.25, -0.2) is 9.97 Å². The van der Waals surface area contributed by atoms with Gasteiger partial charge in [-0.15, -0.1) is 0 Å². The van der Waals surface area contributed by atoms with Crippen molar-refractivity contribution in [1.82, 2.24) is 15.0 Å². The van der Waals surface area contributed by atoms with Crippen molar-refractivity contribution in [2.24, 2.45) is 0 Å². The van der Waals surface area contributed by atoms with Crippen LogP contribution in [0.3, 0.4) is 0 Å². The summed E-state index contributed by atoms with van der Waals surface area (Å²) in [6, 6.07) is 49.3. The van der Waals surface area contributed by atoms with Crippen molar-refractivity contribution in [3.05, 3.63) is 163 Å². The van der Waals surface area contributed by atoms with Crippen LogP contribution >= 0.6 is 0 Å². The van der Waals surface area contributed by atoms with Crippen LogP contribution in [0.15, 0.2) is 152 Å². The Morgan fingerprint density at radius 3 is 1.84 bits per heavy atom. The molecule has 3 heteroatoms. The van der Waals surface area contributed by atoms with Crippen LogP contribution in [0.5, 0.6) is 0 Å². The summed E-state index contributed by atoms with van der Waals surface area (Å²) in [4.78, 5) is 14.4. The Morgan fingerprint density at radius 1 is 0.422 bits per heavy atom. The second-order valence-corrected chi connectivity index (χ2v) is 12.2. The highest BCUT2D eigenvalue weighted by Crippen LogP contribution is 2.49. The predicted molar refractivity (Wildman–Crippen MR) is 185 cm³/mol. The normalized spacial score (nSPS) is 12.8. The number of fused-ring (bicyclic) bond motifs is 3. The summed E-state index contributed by atoms with van der Waals surface area (Å²) in [6.45, 7) is 4.64. The molecule has 2 aromatic heterocycles. The average molecular weight is 578 g/mol. The van der Waals surface area contributed by atoms with Crippen molar-refractivity contribution < 1.29 is 0 Å². The summed E-state index contributed by atoms with van der Waals surface area (Å²) in [7, 11) is 0. The standard InChI is InChI=1S/C42H31N3/c1-42(2)37-16-7-6-15-35(37)36-25-32(21-22-38(36)42)31-12-8-13-33(24-31)40-26-39(29-10-4-3-5-11-29)44-41(45-40)30-19-17-28(18-20-30)34-14-9-23-43-27-34/h3-27H,1-2H3. The molecule has 1 aliphatic carbocycles. The van der Waals surface area contributed by atoms with E-state index in [1.54, 1.807) is 6.20 Å². The third-order valence-electron chi connectivity index (χ3n) is 9.01. The smallest absolute Gasteiger partial charge is 0.160 e. The van der Waals surface area contributed by atoms with Crippen LogP contribution in [0.1, 0.15) is 25.0 Å². The minimum atomic E-state index is -0.00626. The first-order chi connectivity index (χ1) is 22.0. The van der Waals surface area contributed by atoms with Gasteiger partial charge in [0.15, 0.2) is 5.82 Å². The van der Waals surface area contributed by atoms with Gasteiger partial charge in [0.25, 0.3) is 0 Å². The van der Waals surface area contributed by atoms with Crippen LogP contribution in [0.25, 0.3) is 67.3 Å². The molecule has 0 atom stereocenters. The zero-order valence-electron chi connectivity index (χ0n) is 25.3. The van der Waals surface area contributed by atoms with E-state index in [4.69, 9.17) is 9.97 Å². The molecule has 2 heterocycles. The molecule has 7 aromatic rings. The Labute approximate surface area is 264 Å². The van der Waals surface area contributed by atoms with E-state index in [9.17, 15) is 0 Å². The molecule has 5 aromatic carbocycles. The Hall–Kier alpha value is -5.67. The third kappa shape index (κ3) is 4.83. The number of benzene rings is 5. The number of rotatable bonds is 5. The van der Waals surface area contributed by atoms with Crippen LogP contribution in [0.2, 0.25) is 0 Å². The minimum absolute atomic E-state index is 0.00626. The van der Waals surface area contributed by atoms with E-state index in [0.29, 0.717) is 5.82 Å². The Bertz CT molecular complexity index is 2170. The summed E-state index contributed by atoms with van der Waals surface area (Å²) < 4.78 is 0. The molecule has 214 valence electrons. The van der Waals surface area contributed by atoms with E-state index in [0.717, 1.165) is 39.2 Å². The molecular weight excluding hydrogens is 546 g/mol. The highest BCUT2D eigenvalue weighted by molar-refractivity contribution is 5.85. The lowest BCUT2D eigenvalue weighted by atomic mass is 9.82. The first-order valence-electron chi connectivity index (χ1n) is 15.4. The molecule has 0 bridgehead atoms. The van der Waals surface area contributed by atoms with Crippen molar-refractivity contribution >= 4 is 0 Å². The van der Waals surface area contributed by atoms with Gasteiger partial charge in [-0.05, 0) is 68.8 Å². The SMILES string of the molecule is CC1(C)c2ccccc2-c2cc(-c3cccc(-c4cc(-c5ccccc5)nc(-c5ccc(-c6cccnc6)cc5)n4)c3)ccc21. The van der Waals surface area contributed by atoms with Gasteiger partial charge < -0.3 is 0 Å². The first-order valence-corrected chi connectivity index (χ1v) is 15.4. The zero-order valence-corrected chi connectivity index (χ0v) is 25.3. The maximum absolute atomic E-state index is 5.12. The Morgan fingerprint density at radius 2 is 1.04 bits per heavy atom. The van der Waals surface area contributed by atoms with E-state index in [2.05, 4.69) is 134 Å². The van der Waals surface area contributed by atoms with Crippen molar-refractivity contribution in [2.75, 3.05) is 0 Å². The summed E-state index contributed by atoms with van der Waals surface area (Å²) in [5.41, 5.74) is 14.9. The van der Waals surface area contributed by atoms with Gasteiger partial charge in [-0.3, -0.25) is 4.98 Å². The second kappa shape index (κ2) is 10.8. The van der Waals surface area contributed by atoms with Gasteiger partial charge in [0.05, 0.1) is 11.4 Å². The van der Waals surface area contributed by atoms with Crippen LogP contribution in [-0.4, -0.2) is 15.0 Å². The van der Waals surface area contributed by atoms with E-state index in [1.807, 2.05) is 30.5 Å². The fourth-order valence-electron chi connectivity index (χ4n) is 6.58. The van der Waals surface area contributed by atoms with E-state index in [-0.39, 0.29) is 5.41 Å². The molecule has 0 fully saturated rings. The van der Waals surface area contributed by atoms with Crippen LogP contribution in [0, 0.1) is 0 Å². The van der Waals surface area contributed by atoms with Crippen molar-refractivity contribution in [3.8, 4) is 67.3 Å². The number of aromatic nitrogens is 3. The predicted octanol–water partition coefficient (Wildman–Crippen LogP) is 10.5. The molecule has 0 radical (unpaired) electrons. The molecule has 8 rings (SSSR count). The molecule has 45 heavy (non-hydrogen) atoms. The van der Waals surface area contributed by atoms with Crippen LogP contribution in [-0.2, 0) is 5.41 Å². The van der Waals surface area contributed by atoms with Crippen molar-refractivity contribution in [2.45, 2.75) is 19.3 Å². The number of hydrogen-bond acceptors (Lipinski definition) is 3. The lowest BCUT2D eigenvalue weighted by Gasteiger charge is -2.21. The van der Waals surface area contributed by atoms with Crippen molar-refractivity contribution in [1.29, 1.82) is 0 Å². The van der Waals surface area contributed by atoms with E-state index in [1.165, 1.54) is 33.4 Å². The topological polar surface area (TPSA) is 38.7 Å². The van der Waals surface area contributed by atoms with E-state index < -0.39 is 0 Å². The average Bonchev–Trinajstić information content (AvgIpc) is 3.34. The summed E-state index contributed by atoms with van der Waals surface area (Å²) in [5.74, 6) is 0.700. The highest BCUT2D eigenvalue weighted by atomic mass is 14.9. The molecule has 0 aliphatic heterocycles. The maximum Gasteiger partial charge on any atom is 0.160 e. The minimum Gasteiger partial charge on any atom is -0.264 e. The van der Waals surface area contributed by atoms with Gasteiger partial charge in [0, 0.05) is 34.5 Å². The zero-order chi connectivity index (χ0) is 30.4. The van der Waals surface area contributed by atoms with Gasteiger partial charge in [-0.1, -0.05) is 129 Å². The van der Waals surface area contributed by atoms with Gasteiger partial charge in [-0.2, -0.15) is 0 Å². The van der Waals surface area contributed by atoms with Crippen LogP contribution in [0.4, 0.5) is 0 Å². The maximum atomic E-state index is 5.12. The molecule has 1 aliphatic rings. The molecule has 0 saturated carbocycles. The fourth-order valence-corrected chi connectivity index (χ4v) is 6.58. The largest absolute Gasteiger partial charge is 0.264 e. The lowest BCUT2D eigenvalue weighted by Crippen LogP contribution is -2.14. The third-order valence-corrected chi connectivity index (χ3v) is 9.01. The molecular formula is C42H31N3. The van der Waals surface area contributed by atoms with Gasteiger partial charge in [0.2, 0.25) is 0 Å². The molecule has 0 saturated heterocycles. The quantitative estimate of drug-likeness (QED) is 0.204. The van der Waals surface area contributed by atoms with E-state index >= 15 is 0 Å². The lowest BCUT2D eigenvalue weighted by molar-refractivity contribution is 0.660. The Kier molecular flexibility index (Phi) is 6.46. The summed E-state index contributed by atoms with van der Waals surface area (Å²) in [6.07, 6.45) is 3.68. The summed E-state index contributed by atoms with van der Waals surface area (Å²) in [5, 5.41) is 0. The van der Waals surface area contributed by atoms with Crippen molar-refractivity contribution in [3.63, 3.8) is 0 Å². The molecule has 0 amide bonds. The molecule has 3 nitrogen and oxygen atoms in total. The van der Waals surface area contributed by atoms with Gasteiger partial charge in [0.1, 0.15) is 0 Å². The molecule has 0 N–H and O–H groups in total. The molecule has 0 unspecified atom stereocenters. The second-order valence-electron chi connectivity index (χ2n) is 12.2. The number of hydrogen-bond donors (Lipinski definition) is 0. The number of pyridine rings is 1. The fraction of sp³-hybridized carbons (Fsp3) is 0.0714. The summed E-state index contributed by atoms with van der Waals surface area (Å²) >= 11 is 0. The molecule has 0 spiro atoms.